The highest BCUT2D eigenvalue weighted by molar-refractivity contribution is 6.30. The third kappa shape index (κ3) is 6.27. The lowest BCUT2D eigenvalue weighted by Crippen LogP contribution is -2.15. The van der Waals surface area contributed by atoms with Gasteiger partial charge in [-0.25, -0.2) is 4.39 Å². The third-order valence-corrected chi connectivity index (χ3v) is 3.58. The molecule has 134 valence electrons. The van der Waals surface area contributed by atoms with E-state index in [1.807, 2.05) is 6.92 Å². The molecule has 0 aliphatic heterocycles. The van der Waals surface area contributed by atoms with E-state index in [1.54, 1.807) is 37.3 Å². The predicted octanol–water partition coefficient (Wildman–Crippen LogP) is 5.38. The van der Waals surface area contributed by atoms with Crippen LogP contribution in [0, 0.1) is 5.82 Å². The molecule has 2 rings (SSSR count). The molecule has 6 heteroatoms. The normalized spacial score (nSPS) is 11.7. The minimum atomic E-state index is -0.527. The minimum absolute atomic E-state index is 0.0980. The van der Waals surface area contributed by atoms with Crippen LogP contribution in [0.2, 0.25) is 5.02 Å². The smallest absolute Gasteiger partial charge is 0.305 e. The van der Waals surface area contributed by atoms with E-state index in [4.69, 9.17) is 25.8 Å². The molecule has 1 atom stereocenters. The molecule has 0 spiro atoms. The van der Waals surface area contributed by atoms with E-state index < -0.39 is 5.82 Å². The molecule has 0 N–H and O–H groups in total. The van der Waals surface area contributed by atoms with Crippen molar-refractivity contribution in [2.75, 3.05) is 6.61 Å². The standard InChI is InChI=1S/C19H20ClFO4/c1-3-23-19(22)11-4-13(2)24-15-6-8-16(9-7-15)25-18-10-5-14(20)12-17(18)21/h5-10,12-13H,3-4,11H2,1-2H3. The molecule has 0 amide bonds. The van der Waals surface area contributed by atoms with Crippen molar-refractivity contribution in [1.82, 2.24) is 0 Å². The molecule has 25 heavy (non-hydrogen) atoms. The highest BCUT2D eigenvalue weighted by Gasteiger charge is 2.10. The van der Waals surface area contributed by atoms with E-state index in [0.29, 0.717) is 36.0 Å². The fourth-order valence-electron chi connectivity index (χ4n) is 2.12. The maximum Gasteiger partial charge on any atom is 0.305 e. The molecule has 2 aromatic rings. The Labute approximate surface area is 151 Å². The van der Waals surface area contributed by atoms with Crippen molar-refractivity contribution >= 4 is 17.6 Å². The van der Waals surface area contributed by atoms with Crippen molar-refractivity contribution in [3.05, 3.63) is 53.3 Å². The van der Waals surface area contributed by atoms with Gasteiger partial charge in [0.1, 0.15) is 11.5 Å². The molecular formula is C19H20ClFO4. The summed E-state index contributed by atoms with van der Waals surface area (Å²) in [7, 11) is 0. The Morgan fingerprint density at radius 1 is 1.16 bits per heavy atom. The number of halogens is 2. The maximum absolute atomic E-state index is 13.7. The molecule has 2 aromatic carbocycles. The molecule has 4 nitrogen and oxygen atoms in total. The van der Waals surface area contributed by atoms with Crippen LogP contribution in [0.5, 0.6) is 17.2 Å². The van der Waals surface area contributed by atoms with E-state index in [0.717, 1.165) is 0 Å². The molecular weight excluding hydrogens is 347 g/mol. The number of ether oxygens (including phenoxy) is 3. The van der Waals surface area contributed by atoms with Gasteiger partial charge in [0.15, 0.2) is 11.6 Å². The van der Waals surface area contributed by atoms with Crippen LogP contribution in [0.1, 0.15) is 26.7 Å². The fourth-order valence-corrected chi connectivity index (χ4v) is 2.28. The highest BCUT2D eigenvalue weighted by atomic mass is 35.5. The largest absolute Gasteiger partial charge is 0.491 e. The second kappa shape index (κ2) is 9.28. The first-order valence-corrected chi connectivity index (χ1v) is 8.41. The van der Waals surface area contributed by atoms with E-state index in [9.17, 15) is 9.18 Å². The Morgan fingerprint density at radius 2 is 1.84 bits per heavy atom. The lowest BCUT2D eigenvalue weighted by atomic mass is 10.2. The van der Waals surface area contributed by atoms with Crippen molar-refractivity contribution < 1.29 is 23.4 Å². The summed E-state index contributed by atoms with van der Waals surface area (Å²) < 4.78 is 29.8. The number of rotatable bonds is 8. The van der Waals surface area contributed by atoms with Gasteiger partial charge in [-0.05, 0) is 62.7 Å². The van der Waals surface area contributed by atoms with Gasteiger partial charge in [0, 0.05) is 11.4 Å². The van der Waals surface area contributed by atoms with Crippen LogP contribution in [0.3, 0.4) is 0 Å². The molecule has 0 aliphatic rings. The molecule has 0 saturated carbocycles. The van der Waals surface area contributed by atoms with Gasteiger partial charge >= 0.3 is 5.97 Å². The number of carbonyl (C=O) groups is 1. The lowest BCUT2D eigenvalue weighted by molar-refractivity contribution is -0.143. The topological polar surface area (TPSA) is 44.8 Å². The lowest BCUT2D eigenvalue weighted by Gasteiger charge is -2.15. The number of benzene rings is 2. The molecule has 1 unspecified atom stereocenters. The van der Waals surface area contributed by atoms with Gasteiger partial charge in [-0.3, -0.25) is 4.79 Å². The van der Waals surface area contributed by atoms with Crippen molar-refractivity contribution in [3.63, 3.8) is 0 Å². The summed E-state index contributed by atoms with van der Waals surface area (Å²) in [6, 6.07) is 11.0. The summed E-state index contributed by atoms with van der Waals surface area (Å²) in [6.07, 6.45) is 0.740. The van der Waals surface area contributed by atoms with Crippen molar-refractivity contribution in [2.24, 2.45) is 0 Å². The van der Waals surface area contributed by atoms with E-state index in [-0.39, 0.29) is 17.8 Å². The fraction of sp³-hybridized carbons (Fsp3) is 0.316. The first kappa shape index (κ1) is 19.1. The Kier molecular flexibility index (Phi) is 7.07. The zero-order valence-corrected chi connectivity index (χ0v) is 14.9. The maximum atomic E-state index is 13.7. The first-order valence-electron chi connectivity index (χ1n) is 8.03. The summed E-state index contributed by atoms with van der Waals surface area (Å²) in [5.74, 6) is 0.459. The Morgan fingerprint density at radius 3 is 2.48 bits per heavy atom. The first-order chi connectivity index (χ1) is 12.0. The van der Waals surface area contributed by atoms with E-state index >= 15 is 0 Å². The SMILES string of the molecule is CCOC(=O)CCC(C)Oc1ccc(Oc2ccc(Cl)cc2F)cc1. The molecule has 0 heterocycles. The quantitative estimate of drug-likeness (QED) is 0.588. The zero-order valence-electron chi connectivity index (χ0n) is 14.1. The van der Waals surface area contributed by atoms with Crippen LogP contribution in [-0.4, -0.2) is 18.7 Å². The monoisotopic (exact) mass is 366 g/mol. The van der Waals surface area contributed by atoms with Gasteiger partial charge in [0.05, 0.1) is 12.7 Å². The van der Waals surface area contributed by atoms with Gasteiger partial charge < -0.3 is 14.2 Å². The zero-order chi connectivity index (χ0) is 18.2. The third-order valence-electron chi connectivity index (χ3n) is 3.34. The van der Waals surface area contributed by atoms with E-state index in [2.05, 4.69) is 0 Å². The van der Waals surface area contributed by atoms with Gasteiger partial charge in [-0.2, -0.15) is 0 Å². The summed E-state index contributed by atoms with van der Waals surface area (Å²) in [5.41, 5.74) is 0. The summed E-state index contributed by atoms with van der Waals surface area (Å²) in [5, 5.41) is 0.311. The van der Waals surface area contributed by atoms with Gasteiger partial charge in [0.2, 0.25) is 0 Å². The predicted molar refractivity (Wildman–Crippen MR) is 93.9 cm³/mol. The van der Waals surface area contributed by atoms with Crippen LogP contribution in [-0.2, 0) is 9.53 Å². The van der Waals surface area contributed by atoms with Crippen LogP contribution in [0.15, 0.2) is 42.5 Å². The Balaban J connectivity index is 1.88. The summed E-state index contributed by atoms with van der Waals surface area (Å²) in [4.78, 5) is 11.3. The molecule has 0 aromatic heterocycles. The highest BCUT2D eigenvalue weighted by Crippen LogP contribution is 2.28. The second-order valence-electron chi connectivity index (χ2n) is 5.42. The average molecular weight is 367 g/mol. The van der Waals surface area contributed by atoms with Gasteiger partial charge in [-0.15, -0.1) is 0 Å². The second-order valence-corrected chi connectivity index (χ2v) is 5.86. The Bertz CT molecular complexity index is 703. The minimum Gasteiger partial charge on any atom is -0.491 e. The molecule has 0 fully saturated rings. The molecule has 0 bridgehead atoms. The van der Waals surface area contributed by atoms with Crippen LogP contribution >= 0.6 is 11.6 Å². The number of hydrogen-bond acceptors (Lipinski definition) is 4. The van der Waals surface area contributed by atoms with Crippen LogP contribution < -0.4 is 9.47 Å². The molecule has 0 radical (unpaired) electrons. The van der Waals surface area contributed by atoms with Crippen LogP contribution in [0.4, 0.5) is 4.39 Å². The molecule has 0 aliphatic carbocycles. The average Bonchev–Trinajstić information content (AvgIpc) is 2.57. The van der Waals surface area contributed by atoms with Crippen molar-refractivity contribution in [3.8, 4) is 17.2 Å². The van der Waals surface area contributed by atoms with E-state index in [1.165, 1.54) is 12.1 Å². The summed E-state index contributed by atoms with van der Waals surface area (Å²) in [6.45, 7) is 4.04. The van der Waals surface area contributed by atoms with Gasteiger partial charge in [0.25, 0.3) is 0 Å². The molecule has 0 saturated heterocycles. The van der Waals surface area contributed by atoms with Gasteiger partial charge in [-0.1, -0.05) is 11.6 Å². The number of esters is 1. The Hall–Kier alpha value is -2.27. The van der Waals surface area contributed by atoms with Crippen molar-refractivity contribution in [1.29, 1.82) is 0 Å². The number of hydrogen-bond donors (Lipinski definition) is 0. The van der Waals surface area contributed by atoms with Crippen LogP contribution in [0.25, 0.3) is 0 Å². The van der Waals surface area contributed by atoms with Crippen molar-refractivity contribution in [2.45, 2.75) is 32.8 Å². The number of carbonyl (C=O) groups excluding carboxylic acids is 1. The summed E-state index contributed by atoms with van der Waals surface area (Å²) >= 11 is 5.71.